The van der Waals surface area contributed by atoms with E-state index in [2.05, 4.69) is 16.2 Å². The second kappa shape index (κ2) is 6.95. The molecule has 0 radical (unpaired) electrons. The van der Waals surface area contributed by atoms with Gasteiger partial charge in [-0.1, -0.05) is 23.7 Å². The third kappa shape index (κ3) is 3.23. The summed E-state index contributed by atoms with van der Waals surface area (Å²) >= 11 is 7.96. The number of hydrogen-bond donors (Lipinski definition) is 0. The predicted molar refractivity (Wildman–Crippen MR) is 106 cm³/mol. The molecule has 0 aliphatic rings. The second-order valence-corrected chi connectivity index (χ2v) is 7.22. The molecule has 0 fully saturated rings. The zero-order valence-corrected chi connectivity index (χ0v) is 15.7. The minimum absolute atomic E-state index is 0.332. The minimum atomic E-state index is -0.332. The molecule has 0 bridgehead atoms. The van der Waals surface area contributed by atoms with Crippen LogP contribution in [0.2, 0.25) is 5.15 Å². The normalized spacial score (nSPS) is 11.7. The number of para-hydroxylation sites is 1. The van der Waals surface area contributed by atoms with Crippen molar-refractivity contribution in [2.75, 3.05) is 0 Å². The number of rotatable bonds is 3. The van der Waals surface area contributed by atoms with E-state index in [1.807, 2.05) is 31.2 Å². The molecule has 0 unspecified atom stereocenters. The smallest absolute Gasteiger partial charge is 0.140 e. The first-order chi connectivity index (χ1) is 13.1. The standard InChI is InChI=1S/C20H12ClFN4S/c1-12-16(19(21)26(25-12)15-8-6-14(22)7-9-15)10-13(11-23)20-24-17-4-2-3-5-18(17)27-20/h2-10H,1H3/b13-10-. The van der Waals surface area contributed by atoms with E-state index in [4.69, 9.17) is 11.6 Å². The zero-order chi connectivity index (χ0) is 19.0. The maximum Gasteiger partial charge on any atom is 0.140 e. The largest absolute Gasteiger partial charge is 0.235 e. The maximum atomic E-state index is 13.2. The molecule has 0 amide bonds. The van der Waals surface area contributed by atoms with Gasteiger partial charge < -0.3 is 0 Å². The van der Waals surface area contributed by atoms with Gasteiger partial charge in [0.1, 0.15) is 22.0 Å². The number of nitriles is 1. The van der Waals surface area contributed by atoms with Crippen LogP contribution in [0.3, 0.4) is 0 Å². The lowest BCUT2D eigenvalue weighted by Gasteiger charge is -2.02. The predicted octanol–water partition coefficient (Wildman–Crippen LogP) is 5.65. The molecule has 4 nitrogen and oxygen atoms in total. The van der Waals surface area contributed by atoms with E-state index in [1.165, 1.54) is 28.2 Å². The van der Waals surface area contributed by atoms with Crippen molar-refractivity contribution >= 4 is 44.8 Å². The average Bonchev–Trinajstić information content (AvgIpc) is 3.22. The van der Waals surface area contributed by atoms with Crippen molar-refractivity contribution in [3.63, 3.8) is 0 Å². The van der Waals surface area contributed by atoms with Gasteiger partial charge in [0.15, 0.2) is 0 Å². The topological polar surface area (TPSA) is 54.5 Å². The molecular weight excluding hydrogens is 383 g/mol. The molecule has 7 heteroatoms. The third-order valence-corrected chi connectivity index (χ3v) is 5.49. The summed E-state index contributed by atoms with van der Waals surface area (Å²) in [5, 5.41) is 15.0. The third-order valence-electron chi connectivity index (χ3n) is 4.05. The van der Waals surface area contributed by atoms with E-state index in [0.29, 0.717) is 32.7 Å². The minimum Gasteiger partial charge on any atom is -0.235 e. The van der Waals surface area contributed by atoms with E-state index >= 15 is 0 Å². The van der Waals surface area contributed by atoms with Crippen molar-refractivity contribution in [1.82, 2.24) is 14.8 Å². The van der Waals surface area contributed by atoms with E-state index in [-0.39, 0.29) is 5.82 Å². The second-order valence-electron chi connectivity index (χ2n) is 5.83. The maximum absolute atomic E-state index is 13.2. The molecule has 27 heavy (non-hydrogen) atoms. The molecule has 0 spiro atoms. The van der Waals surface area contributed by atoms with Gasteiger partial charge >= 0.3 is 0 Å². The van der Waals surface area contributed by atoms with Gasteiger partial charge in [0.2, 0.25) is 0 Å². The molecular formula is C20H12ClFN4S. The molecule has 0 N–H and O–H groups in total. The van der Waals surface area contributed by atoms with Gasteiger partial charge in [-0.25, -0.2) is 14.1 Å². The fourth-order valence-electron chi connectivity index (χ4n) is 2.70. The Morgan fingerprint density at radius 3 is 2.67 bits per heavy atom. The molecule has 0 aliphatic carbocycles. The lowest BCUT2D eigenvalue weighted by Crippen LogP contribution is -1.96. The molecule has 0 saturated heterocycles. The Bertz CT molecular complexity index is 1180. The Morgan fingerprint density at radius 1 is 1.22 bits per heavy atom. The summed E-state index contributed by atoms with van der Waals surface area (Å²) in [7, 11) is 0. The monoisotopic (exact) mass is 394 g/mol. The molecule has 4 rings (SSSR count). The van der Waals surface area contributed by atoms with Gasteiger partial charge in [0.25, 0.3) is 0 Å². The van der Waals surface area contributed by atoms with Gasteiger partial charge in [-0.2, -0.15) is 10.4 Å². The van der Waals surface area contributed by atoms with Crippen molar-refractivity contribution in [1.29, 1.82) is 5.26 Å². The van der Waals surface area contributed by atoms with Crippen LogP contribution in [0.1, 0.15) is 16.3 Å². The highest BCUT2D eigenvalue weighted by Crippen LogP contribution is 2.31. The fourth-order valence-corrected chi connectivity index (χ4v) is 3.96. The molecule has 2 aromatic carbocycles. The summed E-state index contributed by atoms with van der Waals surface area (Å²) < 4.78 is 15.7. The Morgan fingerprint density at radius 2 is 1.96 bits per heavy atom. The number of allylic oxidation sites excluding steroid dienone is 1. The number of thiazole rings is 1. The van der Waals surface area contributed by atoms with Crippen LogP contribution < -0.4 is 0 Å². The van der Waals surface area contributed by atoms with Crippen molar-refractivity contribution in [3.05, 3.63) is 75.8 Å². The number of aromatic nitrogens is 3. The van der Waals surface area contributed by atoms with Crippen LogP contribution in [0.5, 0.6) is 0 Å². The summed E-state index contributed by atoms with van der Waals surface area (Å²) in [6.07, 6.45) is 1.70. The molecule has 0 atom stereocenters. The Labute approximate surface area is 163 Å². The van der Waals surface area contributed by atoms with Crippen LogP contribution in [0, 0.1) is 24.1 Å². The highest BCUT2D eigenvalue weighted by Gasteiger charge is 2.16. The number of hydrogen-bond acceptors (Lipinski definition) is 4. The summed E-state index contributed by atoms with van der Waals surface area (Å²) in [5.41, 5.74) is 3.21. The highest BCUT2D eigenvalue weighted by atomic mass is 35.5. The quantitative estimate of drug-likeness (QED) is 0.422. The number of fused-ring (bicyclic) bond motifs is 1. The molecule has 0 saturated carbocycles. The van der Waals surface area contributed by atoms with Gasteiger partial charge in [0, 0.05) is 5.56 Å². The average molecular weight is 395 g/mol. The molecule has 2 aromatic heterocycles. The van der Waals surface area contributed by atoms with Crippen molar-refractivity contribution in [3.8, 4) is 11.8 Å². The summed E-state index contributed by atoms with van der Waals surface area (Å²) in [6.45, 7) is 1.81. The molecule has 0 aliphatic heterocycles. The van der Waals surface area contributed by atoms with E-state index in [1.54, 1.807) is 18.2 Å². The van der Waals surface area contributed by atoms with Gasteiger partial charge in [0.05, 0.1) is 27.2 Å². The highest BCUT2D eigenvalue weighted by molar-refractivity contribution is 7.19. The summed E-state index contributed by atoms with van der Waals surface area (Å²) in [5.74, 6) is -0.332. The Balaban J connectivity index is 1.80. The van der Waals surface area contributed by atoms with E-state index in [9.17, 15) is 9.65 Å². The van der Waals surface area contributed by atoms with Crippen LogP contribution >= 0.6 is 22.9 Å². The van der Waals surface area contributed by atoms with Crippen LogP contribution in [0.25, 0.3) is 27.6 Å². The van der Waals surface area contributed by atoms with Gasteiger partial charge in [-0.3, -0.25) is 0 Å². The SMILES string of the molecule is Cc1nn(-c2ccc(F)cc2)c(Cl)c1/C=C(/C#N)c1nc2ccccc2s1. The molecule has 132 valence electrons. The first-order valence-electron chi connectivity index (χ1n) is 8.05. The molecule has 2 heterocycles. The lowest BCUT2D eigenvalue weighted by atomic mass is 10.2. The van der Waals surface area contributed by atoms with E-state index < -0.39 is 0 Å². The number of halogens is 2. The van der Waals surface area contributed by atoms with Crippen LogP contribution in [-0.4, -0.2) is 14.8 Å². The summed E-state index contributed by atoms with van der Waals surface area (Å²) in [6, 6.07) is 15.8. The first-order valence-corrected chi connectivity index (χ1v) is 9.25. The Kier molecular flexibility index (Phi) is 4.48. The van der Waals surface area contributed by atoms with Gasteiger partial charge in [-0.15, -0.1) is 11.3 Å². The van der Waals surface area contributed by atoms with Crippen molar-refractivity contribution in [2.24, 2.45) is 0 Å². The van der Waals surface area contributed by atoms with Crippen LogP contribution in [0.15, 0.2) is 48.5 Å². The number of nitrogens with zero attached hydrogens (tertiary/aromatic N) is 4. The Hall–Kier alpha value is -3.01. The van der Waals surface area contributed by atoms with Crippen LogP contribution in [0.4, 0.5) is 4.39 Å². The first kappa shape index (κ1) is 17.4. The zero-order valence-electron chi connectivity index (χ0n) is 14.1. The molecule has 4 aromatic rings. The van der Waals surface area contributed by atoms with E-state index in [0.717, 1.165) is 10.2 Å². The fraction of sp³-hybridized carbons (Fsp3) is 0.0500. The number of aryl methyl sites for hydroxylation is 1. The van der Waals surface area contributed by atoms with Crippen molar-refractivity contribution in [2.45, 2.75) is 6.92 Å². The lowest BCUT2D eigenvalue weighted by molar-refractivity contribution is 0.627. The summed E-state index contributed by atoms with van der Waals surface area (Å²) in [4.78, 5) is 4.53. The van der Waals surface area contributed by atoms with Crippen LogP contribution in [-0.2, 0) is 0 Å². The number of benzene rings is 2. The van der Waals surface area contributed by atoms with Crippen molar-refractivity contribution < 1.29 is 4.39 Å². The van der Waals surface area contributed by atoms with Gasteiger partial charge in [-0.05, 0) is 49.4 Å².